The Hall–Kier alpha value is -8.32. The van der Waals surface area contributed by atoms with E-state index in [0.29, 0.717) is 11.4 Å². The van der Waals surface area contributed by atoms with Gasteiger partial charge in [-0.3, -0.25) is 9.13 Å². The Balaban J connectivity index is 1.19. The Morgan fingerprint density at radius 3 is 1.45 bits per heavy atom. The molecule has 0 N–H and O–H groups in total. The molecular weight excluding hydrogens is 799 g/mol. The van der Waals surface area contributed by atoms with Crippen LogP contribution in [0.5, 0.6) is 0 Å². The van der Waals surface area contributed by atoms with E-state index in [0.717, 1.165) is 70.5 Å². The molecule has 5 aromatic heterocycles. The summed E-state index contributed by atoms with van der Waals surface area (Å²) in [6.07, 6.45) is 0. The lowest BCUT2D eigenvalue weighted by molar-refractivity contribution is 0.991. The van der Waals surface area contributed by atoms with Crippen molar-refractivity contribution in [3.63, 3.8) is 0 Å². The van der Waals surface area contributed by atoms with Gasteiger partial charge >= 0.3 is 0 Å². The predicted octanol–water partition coefficient (Wildman–Crippen LogP) is 15.5. The molecule has 298 valence electrons. The minimum atomic E-state index is -0.520. The van der Waals surface area contributed by atoms with Crippen LogP contribution in [0.3, 0.4) is 0 Å². The molecule has 14 aromatic rings. The van der Waals surface area contributed by atoms with E-state index in [1.165, 1.54) is 14.7 Å². The first-order chi connectivity index (χ1) is 35.1. The van der Waals surface area contributed by atoms with Gasteiger partial charge in [0.2, 0.25) is 0 Å². The molecule has 0 fully saturated rings. The van der Waals surface area contributed by atoms with Crippen molar-refractivity contribution in [3.8, 4) is 39.8 Å². The summed E-state index contributed by atoms with van der Waals surface area (Å²) in [6, 6.07) is 51.8. The van der Waals surface area contributed by atoms with Crippen LogP contribution in [0.15, 0.2) is 212 Å². The Morgan fingerprint density at radius 2 is 0.859 bits per heavy atom. The first-order valence-electron chi connectivity index (χ1n) is 25.0. The van der Waals surface area contributed by atoms with E-state index < -0.39 is 48.3 Å². The van der Waals surface area contributed by atoms with E-state index in [1.54, 1.807) is 17.4 Å². The summed E-state index contributed by atoms with van der Waals surface area (Å²) >= 11 is 1.73. The summed E-state index contributed by atoms with van der Waals surface area (Å²) < 4.78 is 81.0. The van der Waals surface area contributed by atoms with Crippen LogP contribution in [0.1, 0.15) is 11.0 Å². The van der Waals surface area contributed by atoms with E-state index in [4.69, 9.17) is 15.5 Å². The highest BCUT2D eigenvalue weighted by Gasteiger charge is 2.25. The number of aromatic nitrogens is 5. The second-order valence-corrected chi connectivity index (χ2v) is 17.0. The number of para-hydroxylation sites is 6. The summed E-state index contributed by atoms with van der Waals surface area (Å²) in [6.45, 7) is 0. The van der Waals surface area contributed by atoms with E-state index in [-0.39, 0.29) is 33.4 Å². The van der Waals surface area contributed by atoms with Crippen LogP contribution in [0.2, 0.25) is 0 Å². The number of benzene rings is 9. The van der Waals surface area contributed by atoms with Gasteiger partial charge in [0, 0.05) is 58.6 Å². The van der Waals surface area contributed by atoms with Crippen molar-refractivity contribution in [2.45, 2.75) is 0 Å². The first-order valence-corrected chi connectivity index (χ1v) is 21.8. The molecule has 5 nitrogen and oxygen atoms in total. The molecule has 0 atom stereocenters. The van der Waals surface area contributed by atoms with Gasteiger partial charge < -0.3 is 4.57 Å². The number of hydrogen-bond donors (Lipinski definition) is 0. The minimum Gasteiger partial charge on any atom is -0.308 e. The molecular formula is C58H35N5S. The van der Waals surface area contributed by atoms with Crippen LogP contribution in [0.4, 0.5) is 0 Å². The highest BCUT2D eigenvalue weighted by Crippen LogP contribution is 2.44. The zero-order chi connectivity index (χ0) is 48.8. The van der Waals surface area contributed by atoms with Crippen molar-refractivity contribution in [1.29, 1.82) is 0 Å². The molecule has 0 aliphatic rings. The Labute approximate surface area is 382 Å². The third-order valence-corrected chi connectivity index (χ3v) is 13.7. The van der Waals surface area contributed by atoms with Crippen molar-refractivity contribution in [2.24, 2.45) is 0 Å². The number of thiophene rings is 1. The molecule has 14 rings (SSSR count). The monoisotopic (exact) mass is 841 g/mol. The van der Waals surface area contributed by atoms with Gasteiger partial charge in [0.15, 0.2) is 5.82 Å². The molecule has 5 heterocycles. The van der Waals surface area contributed by atoms with Crippen LogP contribution in [-0.4, -0.2) is 23.7 Å². The molecule has 0 saturated heterocycles. The number of rotatable bonds is 5. The van der Waals surface area contributed by atoms with E-state index in [1.807, 2.05) is 66.7 Å². The van der Waals surface area contributed by atoms with Gasteiger partial charge in [0.25, 0.3) is 0 Å². The van der Waals surface area contributed by atoms with Crippen molar-refractivity contribution < 1.29 is 11.0 Å². The van der Waals surface area contributed by atoms with Crippen LogP contribution in [0, 0.1) is 0 Å². The first kappa shape index (κ1) is 28.3. The minimum absolute atomic E-state index is 0.0352. The van der Waals surface area contributed by atoms with E-state index in [9.17, 15) is 5.48 Å². The van der Waals surface area contributed by atoms with E-state index >= 15 is 0 Å². The largest absolute Gasteiger partial charge is 0.308 e. The Bertz CT molecular complexity index is 4520. The van der Waals surface area contributed by atoms with Crippen molar-refractivity contribution in [1.82, 2.24) is 23.7 Å². The molecule has 0 radical (unpaired) electrons. The van der Waals surface area contributed by atoms with Gasteiger partial charge in [-0.1, -0.05) is 152 Å². The quantitative estimate of drug-likeness (QED) is 0.173. The van der Waals surface area contributed by atoms with Crippen molar-refractivity contribution in [2.75, 3.05) is 0 Å². The molecule has 9 aromatic carbocycles. The molecule has 0 aliphatic heterocycles. The molecule has 0 aliphatic carbocycles. The van der Waals surface area contributed by atoms with Crippen LogP contribution >= 0.6 is 11.3 Å². The summed E-state index contributed by atoms with van der Waals surface area (Å²) in [4.78, 5) is 11.1. The molecule has 6 heteroatoms. The maximum absolute atomic E-state index is 9.48. The van der Waals surface area contributed by atoms with Gasteiger partial charge in [0.1, 0.15) is 11.6 Å². The Morgan fingerprint density at radius 1 is 0.375 bits per heavy atom. The number of fused-ring (bicyclic) bond motifs is 12. The SMILES string of the molecule is [2H]c1c([2H])c([2H])c2c(c1[2H])c1c([2H])c([2H])c([2H])c([2H])c1n2-c1cc(-n2c3ccccc3c3ccccc32)nc(-c2c(-c3ccc4c(c3)sc3ccccc34)cccc2-n2c3ccccc3c3ccccc32)n1. The van der Waals surface area contributed by atoms with Gasteiger partial charge in [0.05, 0.1) is 55.3 Å². The van der Waals surface area contributed by atoms with Crippen molar-refractivity contribution in [3.05, 3.63) is 212 Å². The topological polar surface area (TPSA) is 40.6 Å². The molecule has 0 amide bonds. The lowest BCUT2D eigenvalue weighted by Crippen LogP contribution is -2.08. The third-order valence-electron chi connectivity index (χ3n) is 12.5. The zero-order valence-corrected chi connectivity index (χ0v) is 34.5. The van der Waals surface area contributed by atoms with Crippen molar-refractivity contribution >= 4 is 96.9 Å². The molecule has 0 saturated carbocycles. The van der Waals surface area contributed by atoms with Crippen LogP contribution in [0.25, 0.3) is 125 Å². The summed E-state index contributed by atoms with van der Waals surface area (Å²) in [5.74, 6) is 0.826. The molecule has 64 heavy (non-hydrogen) atoms. The third kappa shape index (κ3) is 5.05. The normalized spacial score (nSPS) is 13.8. The highest BCUT2D eigenvalue weighted by molar-refractivity contribution is 7.25. The molecule has 0 unspecified atom stereocenters. The van der Waals surface area contributed by atoms with Gasteiger partial charge in [-0.05, 0) is 65.7 Å². The highest BCUT2D eigenvalue weighted by atomic mass is 32.1. The lowest BCUT2D eigenvalue weighted by atomic mass is 9.96. The maximum Gasteiger partial charge on any atom is 0.166 e. The second-order valence-electron chi connectivity index (χ2n) is 15.9. The smallest absolute Gasteiger partial charge is 0.166 e. The Kier molecular flexibility index (Phi) is 6.01. The van der Waals surface area contributed by atoms with Gasteiger partial charge in [-0.15, -0.1) is 11.3 Å². The van der Waals surface area contributed by atoms with E-state index in [2.05, 4.69) is 100 Å². The number of nitrogens with zero attached hydrogens (tertiary/aromatic N) is 5. The number of hydrogen-bond acceptors (Lipinski definition) is 3. The fourth-order valence-corrected chi connectivity index (χ4v) is 11.0. The molecule has 0 spiro atoms. The summed E-state index contributed by atoms with van der Waals surface area (Å²) in [5, 5.41) is 6.34. The standard InChI is InChI=1S/C58H35N5S/c1-8-24-46-38(16-1)39-17-2-9-25-47(39)61(46)52-30-15-23-37(36-32-33-45-44-22-7-14-31-53(44)64-54(45)34-36)57(52)58-59-55(62-48-26-10-3-18-40(48)41-19-4-11-27-49(41)62)35-56(60-58)63-50-28-12-5-20-42(50)43-21-6-13-29-51(43)63/h1-35H/i3D,4D,10D,11D,18D,19D,26D,27D. The zero-order valence-electron chi connectivity index (χ0n) is 41.7. The van der Waals surface area contributed by atoms with Gasteiger partial charge in [-0.2, -0.15) is 0 Å². The fourth-order valence-electron chi connectivity index (χ4n) is 9.86. The lowest BCUT2D eigenvalue weighted by Gasteiger charge is -2.19. The summed E-state index contributed by atoms with van der Waals surface area (Å²) in [7, 11) is 0. The fraction of sp³-hybridized carbons (Fsp3) is 0. The van der Waals surface area contributed by atoms with Crippen LogP contribution in [-0.2, 0) is 0 Å². The second kappa shape index (κ2) is 13.6. The maximum atomic E-state index is 9.48. The van der Waals surface area contributed by atoms with Crippen LogP contribution < -0.4 is 0 Å². The molecule has 0 bridgehead atoms. The average Bonchev–Trinajstić information content (AvgIpc) is 4.17. The summed E-state index contributed by atoms with van der Waals surface area (Å²) in [5.41, 5.74) is 6.74. The predicted molar refractivity (Wildman–Crippen MR) is 269 cm³/mol. The van der Waals surface area contributed by atoms with Gasteiger partial charge in [-0.25, -0.2) is 9.97 Å². The average molecular weight is 842 g/mol.